The number of carbonyl (C=O) groups is 2. The topological polar surface area (TPSA) is 114 Å². The first-order valence-electron chi connectivity index (χ1n) is 11.2. The number of nitro benzene ring substituents is 1. The van der Waals surface area contributed by atoms with Crippen molar-refractivity contribution in [2.24, 2.45) is 0 Å². The Morgan fingerprint density at radius 3 is 2.51 bits per heavy atom. The zero-order chi connectivity index (χ0) is 26.8. The molecular weight excluding hydrogens is 517 g/mol. The zero-order valence-electron chi connectivity index (χ0n) is 19.6. The van der Waals surface area contributed by atoms with Crippen molar-refractivity contribution in [2.45, 2.75) is 42.3 Å². The molecule has 0 saturated carbocycles. The van der Waals surface area contributed by atoms with Crippen LogP contribution in [-0.4, -0.2) is 57.8 Å². The van der Waals surface area contributed by atoms with E-state index < -0.39 is 28.2 Å². The third kappa shape index (κ3) is 6.83. The lowest BCUT2D eigenvalue weighted by Crippen LogP contribution is -2.47. The van der Waals surface area contributed by atoms with Crippen LogP contribution in [-0.2, 0) is 16.1 Å². The maximum absolute atomic E-state index is 12.5. The van der Waals surface area contributed by atoms with Gasteiger partial charge in [0.05, 0.1) is 17.2 Å². The molecule has 0 aromatic heterocycles. The van der Waals surface area contributed by atoms with Gasteiger partial charge in [0.2, 0.25) is 0 Å². The van der Waals surface area contributed by atoms with Gasteiger partial charge in [0.25, 0.3) is 5.69 Å². The quantitative estimate of drug-likeness (QED) is 0.292. The SMILES string of the molecule is Cc1ccc(NC(=O)ON2CCC3(CC2)CN(Cc2ccc(SC(F)(F)F)cc2)C(=O)O3)cc1[N+](=O)[O-]. The van der Waals surface area contributed by atoms with Crippen molar-refractivity contribution in [3.8, 4) is 0 Å². The van der Waals surface area contributed by atoms with Crippen LogP contribution in [0.1, 0.15) is 24.0 Å². The van der Waals surface area contributed by atoms with Crippen LogP contribution in [0, 0.1) is 17.0 Å². The monoisotopic (exact) mass is 540 g/mol. The van der Waals surface area contributed by atoms with Crippen molar-refractivity contribution >= 4 is 35.3 Å². The molecular formula is C23H23F3N4O6S. The number of thioether (sulfide) groups is 1. The number of ether oxygens (including phenoxy) is 1. The molecule has 0 unspecified atom stereocenters. The Morgan fingerprint density at radius 2 is 1.89 bits per heavy atom. The molecule has 4 rings (SSSR count). The number of halogens is 3. The van der Waals surface area contributed by atoms with Gasteiger partial charge in [0.15, 0.2) is 0 Å². The third-order valence-electron chi connectivity index (χ3n) is 6.07. The fourth-order valence-corrected chi connectivity index (χ4v) is 4.76. The minimum Gasteiger partial charge on any atom is -0.441 e. The summed E-state index contributed by atoms with van der Waals surface area (Å²) in [5.74, 6) is 0. The fourth-order valence-electron chi connectivity index (χ4n) is 4.22. The number of rotatable bonds is 6. The number of piperidine rings is 1. The molecule has 2 aromatic rings. The maximum Gasteiger partial charge on any atom is 0.446 e. The fraction of sp³-hybridized carbons (Fsp3) is 0.391. The molecule has 0 bridgehead atoms. The van der Waals surface area contributed by atoms with Gasteiger partial charge < -0.3 is 9.57 Å². The van der Waals surface area contributed by atoms with Crippen LogP contribution in [0.2, 0.25) is 0 Å². The van der Waals surface area contributed by atoms with E-state index in [1.807, 2.05) is 0 Å². The molecule has 10 nitrogen and oxygen atoms in total. The van der Waals surface area contributed by atoms with Crippen molar-refractivity contribution in [1.29, 1.82) is 0 Å². The molecule has 14 heteroatoms. The number of anilines is 1. The number of hydrogen-bond acceptors (Lipinski definition) is 8. The van der Waals surface area contributed by atoms with E-state index >= 15 is 0 Å². The number of alkyl halides is 3. The molecule has 2 aliphatic rings. The molecule has 1 spiro atoms. The molecule has 1 N–H and O–H groups in total. The predicted molar refractivity (Wildman–Crippen MR) is 127 cm³/mol. The Balaban J connectivity index is 1.27. The summed E-state index contributed by atoms with van der Waals surface area (Å²) in [5, 5.41) is 15.0. The summed E-state index contributed by atoms with van der Waals surface area (Å²) in [5.41, 5.74) is -3.88. The van der Waals surface area contributed by atoms with E-state index in [0.717, 1.165) is 0 Å². The lowest BCUT2D eigenvalue weighted by Gasteiger charge is -2.36. The van der Waals surface area contributed by atoms with Crippen LogP contribution in [0.25, 0.3) is 0 Å². The number of aryl methyl sites for hydroxylation is 1. The summed E-state index contributed by atoms with van der Waals surface area (Å²) in [7, 11) is 0. The van der Waals surface area contributed by atoms with E-state index in [1.54, 1.807) is 19.1 Å². The molecule has 0 radical (unpaired) electrons. The second kappa shape index (κ2) is 10.5. The number of nitrogens with zero attached hydrogens (tertiary/aromatic N) is 3. The van der Waals surface area contributed by atoms with Crippen LogP contribution in [0.15, 0.2) is 47.4 Å². The van der Waals surface area contributed by atoms with Crippen LogP contribution >= 0.6 is 11.8 Å². The lowest BCUT2D eigenvalue weighted by molar-refractivity contribution is -0.385. The Bertz CT molecular complexity index is 1190. The van der Waals surface area contributed by atoms with E-state index in [4.69, 9.17) is 9.57 Å². The van der Waals surface area contributed by atoms with Gasteiger partial charge in [-0.15, -0.1) is 5.06 Å². The first-order valence-corrected chi connectivity index (χ1v) is 12.0. The Hall–Kier alpha value is -3.52. The number of carbonyl (C=O) groups excluding carboxylic acids is 2. The van der Waals surface area contributed by atoms with Gasteiger partial charge in [-0.3, -0.25) is 20.3 Å². The Labute approximate surface area is 213 Å². The van der Waals surface area contributed by atoms with Crippen molar-refractivity contribution in [1.82, 2.24) is 9.96 Å². The van der Waals surface area contributed by atoms with Crippen LogP contribution in [0.3, 0.4) is 0 Å². The van der Waals surface area contributed by atoms with E-state index in [1.165, 1.54) is 40.3 Å². The number of amides is 2. The first kappa shape index (κ1) is 26.5. The van der Waals surface area contributed by atoms with Crippen molar-refractivity contribution in [2.75, 3.05) is 25.0 Å². The van der Waals surface area contributed by atoms with Crippen molar-refractivity contribution in [3.63, 3.8) is 0 Å². The van der Waals surface area contributed by atoms with E-state index in [0.29, 0.717) is 43.6 Å². The predicted octanol–water partition coefficient (Wildman–Crippen LogP) is 5.47. The molecule has 2 aliphatic heterocycles. The standard InChI is InChI=1S/C23H23F3N4O6S/c1-15-2-5-17(12-19(15)30(33)34)27-20(31)36-29-10-8-22(9-11-29)14-28(21(32)35-22)13-16-3-6-18(7-4-16)37-23(24,25)26/h2-7,12H,8-11,13-14H2,1H3,(H,27,31). The zero-order valence-corrected chi connectivity index (χ0v) is 20.4. The van der Waals surface area contributed by atoms with Gasteiger partial charge in [-0.25, -0.2) is 9.59 Å². The summed E-state index contributed by atoms with van der Waals surface area (Å²) >= 11 is -0.200. The second-order valence-electron chi connectivity index (χ2n) is 8.79. The highest BCUT2D eigenvalue weighted by molar-refractivity contribution is 8.00. The molecule has 0 aliphatic carbocycles. The molecule has 2 aromatic carbocycles. The number of hydrogen-bond donors (Lipinski definition) is 1. The van der Waals surface area contributed by atoms with Gasteiger partial charge in [-0.2, -0.15) is 13.2 Å². The summed E-state index contributed by atoms with van der Waals surface area (Å²) < 4.78 is 43.2. The largest absolute Gasteiger partial charge is 0.446 e. The smallest absolute Gasteiger partial charge is 0.441 e. The molecule has 198 valence electrons. The second-order valence-corrected chi connectivity index (χ2v) is 9.93. The van der Waals surface area contributed by atoms with Crippen LogP contribution in [0.5, 0.6) is 0 Å². The minimum atomic E-state index is -4.37. The third-order valence-corrected chi connectivity index (χ3v) is 6.81. The first-order chi connectivity index (χ1) is 17.4. The number of benzene rings is 2. The van der Waals surface area contributed by atoms with Gasteiger partial charge in [0, 0.05) is 49.0 Å². The highest BCUT2D eigenvalue weighted by Gasteiger charge is 2.47. The molecule has 2 heterocycles. The summed E-state index contributed by atoms with van der Waals surface area (Å²) in [6, 6.07) is 10.1. The van der Waals surface area contributed by atoms with Gasteiger partial charge in [-0.05, 0) is 42.4 Å². The van der Waals surface area contributed by atoms with Gasteiger partial charge >= 0.3 is 17.7 Å². The highest BCUT2D eigenvalue weighted by Crippen LogP contribution is 2.37. The molecule has 0 atom stereocenters. The summed E-state index contributed by atoms with van der Waals surface area (Å²) in [4.78, 5) is 42.1. The number of nitrogens with one attached hydrogen (secondary N) is 1. The van der Waals surface area contributed by atoms with E-state index in [9.17, 15) is 32.9 Å². The summed E-state index contributed by atoms with van der Waals surface area (Å²) in [6.07, 6.45) is -0.507. The number of hydroxylamine groups is 2. The maximum atomic E-state index is 12.5. The Morgan fingerprint density at radius 1 is 1.22 bits per heavy atom. The normalized spacial score (nSPS) is 17.5. The molecule has 2 fully saturated rings. The van der Waals surface area contributed by atoms with E-state index in [-0.39, 0.29) is 34.6 Å². The molecule has 37 heavy (non-hydrogen) atoms. The summed E-state index contributed by atoms with van der Waals surface area (Å²) in [6.45, 7) is 2.69. The van der Waals surface area contributed by atoms with Crippen molar-refractivity contribution in [3.05, 3.63) is 63.7 Å². The Kier molecular flexibility index (Phi) is 7.50. The van der Waals surface area contributed by atoms with Gasteiger partial charge in [0.1, 0.15) is 5.60 Å². The van der Waals surface area contributed by atoms with Crippen LogP contribution in [0.4, 0.5) is 34.1 Å². The molecule has 2 saturated heterocycles. The minimum absolute atomic E-state index is 0.0636. The van der Waals surface area contributed by atoms with Gasteiger partial charge in [-0.1, -0.05) is 18.2 Å². The average molecular weight is 541 g/mol. The molecule has 2 amide bonds. The number of nitro groups is 1. The van der Waals surface area contributed by atoms with Crippen molar-refractivity contribution < 1.29 is 37.3 Å². The lowest BCUT2D eigenvalue weighted by atomic mass is 9.92. The van der Waals surface area contributed by atoms with Crippen LogP contribution < -0.4 is 5.32 Å². The van der Waals surface area contributed by atoms with E-state index in [2.05, 4.69) is 5.32 Å². The highest BCUT2D eigenvalue weighted by atomic mass is 32.2. The average Bonchev–Trinajstić information content (AvgIpc) is 3.11.